The van der Waals surface area contributed by atoms with Gasteiger partial charge in [0.2, 0.25) is 5.91 Å². The van der Waals surface area contributed by atoms with Crippen LogP contribution in [0.2, 0.25) is 0 Å². The fourth-order valence-corrected chi connectivity index (χ4v) is 2.58. The van der Waals surface area contributed by atoms with E-state index in [1.54, 1.807) is 0 Å². The molecular formula is C20H32NO. The van der Waals surface area contributed by atoms with E-state index in [1.165, 1.54) is 57.8 Å². The molecule has 2 nitrogen and oxygen atoms in total. The van der Waals surface area contributed by atoms with E-state index in [1.807, 2.05) is 24.3 Å². The molecule has 2 heteroatoms. The zero-order valence-corrected chi connectivity index (χ0v) is 14.2. The molecule has 22 heavy (non-hydrogen) atoms. The number of carbonyl (C=O) groups is 1. The maximum Gasteiger partial charge on any atom is 0.224 e. The van der Waals surface area contributed by atoms with E-state index in [4.69, 9.17) is 0 Å². The summed E-state index contributed by atoms with van der Waals surface area (Å²) in [6.45, 7) is 6.09. The van der Waals surface area contributed by atoms with Crippen LogP contribution in [0.25, 0.3) is 0 Å². The van der Waals surface area contributed by atoms with Gasteiger partial charge >= 0.3 is 0 Å². The Morgan fingerprint density at radius 3 is 1.91 bits per heavy atom. The summed E-state index contributed by atoms with van der Waals surface area (Å²) < 4.78 is 0. The summed E-state index contributed by atoms with van der Waals surface area (Å²) in [5.74, 6) is 0.122. The third kappa shape index (κ3) is 9.59. The van der Waals surface area contributed by atoms with Crippen molar-refractivity contribution in [1.29, 1.82) is 0 Å². The Kier molecular flexibility index (Phi) is 10.4. The van der Waals surface area contributed by atoms with Crippen LogP contribution in [-0.2, 0) is 4.79 Å². The van der Waals surface area contributed by atoms with Gasteiger partial charge in [0.15, 0.2) is 0 Å². The molecule has 1 radical (unpaired) electrons. The monoisotopic (exact) mass is 302 g/mol. The van der Waals surface area contributed by atoms with Crippen molar-refractivity contribution in [2.75, 3.05) is 5.32 Å². The average molecular weight is 302 g/mol. The summed E-state index contributed by atoms with van der Waals surface area (Å²) in [5.41, 5.74) is 1.83. The number of benzene rings is 1. The predicted molar refractivity (Wildman–Crippen MR) is 96.0 cm³/mol. The molecule has 0 aliphatic heterocycles. The topological polar surface area (TPSA) is 29.1 Å². The van der Waals surface area contributed by atoms with Crippen LogP contribution >= 0.6 is 0 Å². The van der Waals surface area contributed by atoms with E-state index in [2.05, 4.69) is 19.2 Å². The van der Waals surface area contributed by atoms with Gasteiger partial charge in [-0.3, -0.25) is 4.79 Å². The first kappa shape index (κ1) is 18.7. The largest absolute Gasteiger partial charge is 0.326 e. The van der Waals surface area contributed by atoms with Gasteiger partial charge in [-0.05, 0) is 31.0 Å². The molecule has 0 spiro atoms. The van der Waals surface area contributed by atoms with E-state index in [0.717, 1.165) is 17.7 Å². The number of carbonyl (C=O) groups excluding carboxylic acids is 1. The van der Waals surface area contributed by atoms with Gasteiger partial charge in [0.05, 0.1) is 0 Å². The lowest BCUT2D eigenvalue weighted by molar-refractivity contribution is -0.116. The maximum absolute atomic E-state index is 11.8. The van der Waals surface area contributed by atoms with Crippen LogP contribution in [0.3, 0.4) is 0 Å². The van der Waals surface area contributed by atoms with Crippen molar-refractivity contribution < 1.29 is 4.79 Å². The molecule has 123 valence electrons. The third-order valence-electron chi connectivity index (χ3n) is 4.00. The van der Waals surface area contributed by atoms with Crippen molar-refractivity contribution in [1.82, 2.24) is 0 Å². The molecule has 0 saturated carbocycles. The highest BCUT2D eigenvalue weighted by Crippen LogP contribution is 2.12. The van der Waals surface area contributed by atoms with E-state index < -0.39 is 0 Å². The van der Waals surface area contributed by atoms with Crippen LogP contribution in [0, 0.1) is 6.92 Å². The molecule has 0 saturated heterocycles. The van der Waals surface area contributed by atoms with Gasteiger partial charge in [0.25, 0.3) is 0 Å². The first-order valence-electron chi connectivity index (χ1n) is 8.94. The number of unbranched alkanes of at least 4 members (excludes halogenated alkanes) is 9. The standard InChI is InChI=1S/C20H32NO/c1-3-4-5-6-7-8-9-10-11-12-13-20(22)21-19-16-14-18(2)15-17-19/h14-17H,2-13H2,1H3,(H,21,22). The van der Waals surface area contributed by atoms with Gasteiger partial charge in [-0.25, -0.2) is 0 Å². The van der Waals surface area contributed by atoms with Crippen molar-refractivity contribution in [2.45, 2.75) is 77.6 Å². The van der Waals surface area contributed by atoms with Crippen molar-refractivity contribution >= 4 is 11.6 Å². The highest BCUT2D eigenvalue weighted by Gasteiger charge is 2.02. The lowest BCUT2D eigenvalue weighted by Crippen LogP contribution is -2.10. The predicted octanol–water partition coefficient (Wildman–Crippen LogP) is 6.12. The number of anilines is 1. The minimum absolute atomic E-state index is 0.122. The quantitative estimate of drug-likeness (QED) is 0.463. The van der Waals surface area contributed by atoms with Crippen LogP contribution in [0.15, 0.2) is 24.3 Å². The lowest BCUT2D eigenvalue weighted by Gasteiger charge is -2.05. The van der Waals surface area contributed by atoms with Crippen LogP contribution < -0.4 is 5.32 Å². The minimum atomic E-state index is 0.122. The lowest BCUT2D eigenvalue weighted by atomic mass is 10.1. The Morgan fingerprint density at radius 1 is 0.864 bits per heavy atom. The summed E-state index contributed by atoms with van der Waals surface area (Å²) in [7, 11) is 0. The van der Waals surface area contributed by atoms with E-state index in [9.17, 15) is 4.79 Å². The molecule has 0 atom stereocenters. The Hall–Kier alpha value is -1.31. The van der Waals surface area contributed by atoms with Crippen molar-refractivity contribution in [3.05, 3.63) is 36.8 Å². The first-order chi connectivity index (χ1) is 10.7. The molecule has 1 amide bonds. The number of nitrogens with one attached hydrogen (secondary N) is 1. The number of rotatable bonds is 12. The van der Waals surface area contributed by atoms with Gasteiger partial charge in [-0.2, -0.15) is 0 Å². The maximum atomic E-state index is 11.8. The normalized spacial score (nSPS) is 10.6. The van der Waals surface area contributed by atoms with Crippen molar-refractivity contribution in [3.63, 3.8) is 0 Å². The van der Waals surface area contributed by atoms with E-state index in [0.29, 0.717) is 6.42 Å². The molecule has 0 heterocycles. The minimum Gasteiger partial charge on any atom is -0.326 e. The van der Waals surface area contributed by atoms with Gasteiger partial charge < -0.3 is 5.32 Å². The molecule has 0 unspecified atom stereocenters. The highest BCUT2D eigenvalue weighted by molar-refractivity contribution is 5.90. The third-order valence-corrected chi connectivity index (χ3v) is 4.00. The number of amides is 1. The average Bonchev–Trinajstić information content (AvgIpc) is 2.51. The van der Waals surface area contributed by atoms with Crippen LogP contribution in [0.1, 0.15) is 83.1 Å². The van der Waals surface area contributed by atoms with Gasteiger partial charge in [0.1, 0.15) is 0 Å². The second-order valence-electron chi connectivity index (χ2n) is 6.18. The molecule has 0 bridgehead atoms. The fraction of sp³-hybridized carbons (Fsp3) is 0.600. The van der Waals surface area contributed by atoms with Gasteiger partial charge in [-0.15, -0.1) is 0 Å². The number of hydrogen-bond donors (Lipinski definition) is 1. The number of hydrogen-bond acceptors (Lipinski definition) is 1. The first-order valence-corrected chi connectivity index (χ1v) is 8.94. The molecule has 1 aromatic rings. The van der Waals surface area contributed by atoms with Gasteiger partial charge in [0, 0.05) is 12.1 Å². The summed E-state index contributed by atoms with van der Waals surface area (Å²) in [5, 5.41) is 2.93. The van der Waals surface area contributed by atoms with E-state index in [-0.39, 0.29) is 5.91 Å². The SMILES string of the molecule is [CH2]c1ccc(NC(=O)CCCCCCCCCCCC)cc1. The summed E-state index contributed by atoms with van der Waals surface area (Å²) in [6.07, 6.45) is 13.6. The molecule has 1 aromatic carbocycles. The van der Waals surface area contributed by atoms with Gasteiger partial charge in [-0.1, -0.05) is 76.8 Å². The Balaban J connectivity index is 1.93. The smallest absolute Gasteiger partial charge is 0.224 e. The van der Waals surface area contributed by atoms with Crippen molar-refractivity contribution in [2.24, 2.45) is 0 Å². The Bertz CT molecular complexity index is 397. The highest BCUT2D eigenvalue weighted by atomic mass is 16.1. The van der Waals surface area contributed by atoms with Crippen LogP contribution in [0.5, 0.6) is 0 Å². The second kappa shape index (κ2) is 12.3. The summed E-state index contributed by atoms with van der Waals surface area (Å²) >= 11 is 0. The zero-order valence-electron chi connectivity index (χ0n) is 14.2. The fourth-order valence-electron chi connectivity index (χ4n) is 2.58. The van der Waals surface area contributed by atoms with Crippen LogP contribution in [-0.4, -0.2) is 5.91 Å². The molecule has 0 aliphatic carbocycles. The molecular weight excluding hydrogens is 270 g/mol. The summed E-state index contributed by atoms with van der Waals surface area (Å²) in [4.78, 5) is 11.8. The Labute approximate surface area is 136 Å². The Morgan fingerprint density at radius 2 is 1.36 bits per heavy atom. The summed E-state index contributed by atoms with van der Waals surface area (Å²) in [6, 6.07) is 7.63. The second-order valence-corrected chi connectivity index (χ2v) is 6.18. The van der Waals surface area contributed by atoms with Crippen LogP contribution in [0.4, 0.5) is 5.69 Å². The molecule has 0 aromatic heterocycles. The molecule has 0 fully saturated rings. The van der Waals surface area contributed by atoms with Crippen molar-refractivity contribution in [3.8, 4) is 0 Å². The molecule has 1 N–H and O–H groups in total. The molecule has 0 aliphatic rings. The zero-order chi connectivity index (χ0) is 16.0. The van der Waals surface area contributed by atoms with E-state index >= 15 is 0 Å². The molecule has 1 rings (SSSR count).